The molecular formula is C24H32N4O3. The van der Waals surface area contributed by atoms with Gasteiger partial charge in [0.25, 0.3) is 11.8 Å². The number of carbonyl (C=O) groups excluding carboxylic acids is 2. The Labute approximate surface area is 183 Å². The van der Waals surface area contributed by atoms with Crippen molar-refractivity contribution in [3.8, 4) is 5.75 Å². The lowest BCUT2D eigenvalue weighted by atomic mass is 9.90. The van der Waals surface area contributed by atoms with E-state index in [4.69, 9.17) is 4.74 Å². The number of ether oxygens (including phenoxy) is 1. The Kier molecular flexibility index (Phi) is 6.59. The minimum Gasteiger partial charge on any atom is -0.493 e. The number of carbonyl (C=O) groups is 2. The van der Waals surface area contributed by atoms with Gasteiger partial charge in [-0.2, -0.15) is 5.10 Å². The first-order chi connectivity index (χ1) is 15.1. The van der Waals surface area contributed by atoms with Crippen molar-refractivity contribution in [2.45, 2.75) is 71.0 Å². The molecule has 1 N–H and O–H groups in total. The summed E-state index contributed by atoms with van der Waals surface area (Å²) in [6.45, 7) is 6.03. The molecule has 166 valence electrons. The average Bonchev–Trinajstić information content (AvgIpc) is 3.16. The lowest BCUT2D eigenvalue weighted by molar-refractivity contribution is 0.0498. The molecule has 3 heterocycles. The van der Waals surface area contributed by atoms with Crippen LogP contribution in [-0.2, 0) is 6.54 Å². The van der Waals surface area contributed by atoms with Crippen LogP contribution in [0.15, 0.2) is 30.3 Å². The fourth-order valence-corrected chi connectivity index (χ4v) is 4.76. The molecule has 2 aliphatic rings. The average molecular weight is 425 g/mol. The predicted octanol–water partition coefficient (Wildman–Crippen LogP) is 3.57. The number of piperidine rings is 1. The normalized spacial score (nSPS) is 22.3. The Morgan fingerprint density at radius 3 is 2.84 bits per heavy atom. The molecular weight excluding hydrogens is 392 g/mol. The molecule has 2 amide bonds. The van der Waals surface area contributed by atoms with Crippen LogP contribution in [0.1, 0.15) is 72.0 Å². The summed E-state index contributed by atoms with van der Waals surface area (Å²) in [5, 5.41) is 7.73. The van der Waals surface area contributed by atoms with Gasteiger partial charge < -0.3 is 15.0 Å². The third kappa shape index (κ3) is 4.60. The summed E-state index contributed by atoms with van der Waals surface area (Å²) in [7, 11) is 0. The fraction of sp³-hybridized carbons (Fsp3) is 0.542. The van der Waals surface area contributed by atoms with Gasteiger partial charge >= 0.3 is 0 Å². The van der Waals surface area contributed by atoms with E-state index in [-0.39, 0.29) is 23.9 Å². The number of amides is 2. The lowest BCUT2D eigenvalue weighted by Gasteiger charge is -2.41. The molecule has 7 heteroatoms. The number of benzene rings is 1. The van der Waals surface area contributed by atoms with Crippen molar-refractivity contribution in [1.82, 2.24) is 20.0 Å². The lowest BCUT2D eigenvalue weighted by Crippen LogP contribution is -2.57. The second-order valence-corrected chi connectivity index (χ2v) is 8.47. The molecule has 2 aliphatic heterocycles. The molecule has 1 aromatic carbocycles. The number of aryl methyl sites for hydroxylation is 2. The maximum Gasteiger partial charge on any atom is 0.274 e. The largest absolute Gasteiger partial charge is 0.493 e. The van der Waals surface area contributed by atoms with Crippen LogP contribution in [0.5, 0.6) is 5.75 Å². The molecule has 7 nitrogen and oxygen atoms in total. The van der Waals surface area contributed by atoms with Crippen molar-refractivity contribution in [2.24, 2.45) is 0 Å². The zero-order valence-electron chi connectivity index (χ0n) is 18.5. The quantitative estimate of drug-likeness (QED) is 0.800. The van der Waals surface area contributed by atoms with E-state index in [0.29, 0.717) is 30.2 Å². The number of nitrogens with one attached hydrogen (secondary N) is 1. The van der Waals surface area contributed by atoms with E-state index in [1.165, 1.54) is 0 Å². The summed E-state index contributed by atoms with van der Waals surface area (Å²) >= 11 is 0. The van der Waals surface area contributed by atoms with E-state index in [2.05, 4.69) is 10.4 Å². The van der Waals surface area contributed by atoms with Crippen molar-refractivity contribution in [2.75, 3.05) is 13.2 Å². The number of aromatic nitrogens is 2. The first kappa shape index (κ1) is 21.4. The van der Waals surface area contributed by atoms with E-state index in [1.807, 2.05) is 47.7 Å². The first-order valence-corrected chi connectivity index (χ1v) is 11.5. The van der Waals surface area contributed by atoms with E-state index in [1.54, 1.807) is 6.07 Å². The second kappa shape index (κ2) is 9.54. The van der Waals surface area contributed by atoms with Crippen LogP contribution in [0.4, 0.5) is 0 Å². The van der Waals surface area contributed by atoms with E-state index >= 15 is 0 Å². The van der Waals surface area contributed by atoms with Crippen LogP contribution >= 0.6 is 0 Å². The summed E-state index contributed by atoms with van der Waals surface area (Å²) in [6, 6.07) is 9.17. The molecule has 31 heavy (non-hydrogen) atoms. The molecule has 0 bridgehead atoms. The number of hydrogen-bond donors (Lipinski definition) is 1. The predicted molar refractivity (Wildman–Crippen MR) is 118 cm³/mol. The molecule has 0 aliphatic carbocycles. The number of para-hydroxylation sites is 1. The Bertz CT molecular complexity index is 939. The summed E-state index contributed by atoms with van der Waals surface area (Å²) in [5.41, 5.74) is 2.04. The number of hydrogen-bond acceptors (Lipinski definition) is 4. The zero-order valence-corrected chi connectivity index (χ0v) is 18.5. The molecule has 1 aromatic heterocycles. The molecule has 0 radical (unpaired) electrons. The summed E-state index contributed by atoms with van der Waals surface area (Å²) in [6.07, 6.45) is 5.55. The van der Waals surface area contributed by atoms with Gasteiger partial charge in [0.05, 0.1) is 18.2 Å². The minimum absolute atomic E-state index is 0.0233. The van der Waals surface area contributed by atoms with Crippen LogP contribution in [0.25, 0.3) is 0 Å². The van der Waals surface area contributed by atoms with Gasteiger partial charge in [0.1, 0.15) is 5.75 Å². The van der Waals surface area contributed by atoms with Crippen LogP contribution in [0, 0.1) is 6.92 Å². The number of rotatable bonds is 2. The van der Waals surface area contributed by atoms with Crippen LogP contribution in [0.2, 0.25) is 0 Å². The summed E-state index contributed by atoms with van der Waals surface area (Å²) in [4.78, 5) is 28.5. The van der Waals surface area contributed by atoms with Gasteiger partial charge in [0.2, 0.25) is 0 Å². The highest BCUT2D eigenvalue weighted by Gasteiger charge is 2.36. The minimum atomic E-state index is -0.133. The molecule has 1 saturated heterocycles. The van der Waals surface area contributed by atoms with Gasteiger partial charge in [-0.05, 0) is 64.2 Å². The van der Waals surface area contributed by atoms with Crippen LogP contribution in [-0.4, -0.2) is 51.7 Å². The highest BCUT2D eigenvalue weighted by atomic mass is 16.5. The highest BCUT2D eigenvalue weighted by molar-refractivity contribution is 5.97. The summed E-state index contributed by atoms with van der Waals surface area (Å²) < 4.78 is 7.73. The number of nitrogens with zero attached hydrogens (tertiary/aromatic N) is 3. The fourth-order valence-electron chi connectivity index (χ4n) is 4.76. The highest BCUT2D eigenvalue weighted by Crippen LogP contribution is 2.27. The van der Waals surface area contributed by atoms with Crippen molar-refractivity contribution >= 4 is 11.8 Å². The van der Waals surface area contributed by atoms with E-state index in [0.717, 1.165) is 50.8 Å². The maximum atomic E-state index is 13.4. The van der Waals surface area contributed by atoms with E-state index < -0.39 is 0 Å². The molecule has 2 aromatic rings. The molecule has 0 spiro atoms. The molecule has 1 fully saturated rings. The Balaban J connectivity index is 1.60. The Morgan fingerprint density at radius 1 is 1.19 bits per heavy atom. The standard InChI is InChI=1S/C24H32N4O3/c1-3-28-17(2)16-20(26-28)24(30)27-14-9-11-19-21(27)12-5-4-8-15-31-22-13-7-6-10-18(22)23(29)25-19/h6-7,10,13,16,19,21H,3-5,8-9,11-12,14-15H2,1-2H3,(H,25,29)/t19-,21-/m0/s1. The van der Waals surface area contributed by atoms with Crippen molar-refractivity contribution in [3.63, 3.8) is 0 Å². The molecule has 0 saturated carbocycles. The third-order valence-electron chi connectivity index (χ3n) is 6.39. The first-order valence-electron chi connectivity index (χ1n) is 11.5. The number of likely N-dealkylation sites (tertiary alicyclic amines) is 1. The smallest absolute Gasteiger partial charge is 0.274 e. The summed E-state index contributed by atoms with van der Waals surface area (Å²) in [5.74, 6) is 0.461. The Hall–Kier alpha value is -2.83. The van der Waals surface area contributed by atoms with Crippen LogP contribution < -0.4 is 10.1 Å². The topological polar surface area (TPSA) is 76.5 Å². The van der Waals surface area contributed by atoms with Crippen molar-refractivity contribution in [3.05, 3.63) is 47.3 Å². The maximum absolute atomic E-state index is 13.4. The van der Waals surface area contributed by atoms with Gasteiger partial charge in [0.15, 0.2) is 5.69 Å². The van der Waals surface area contributed by atoms with Gasteiger partial charge in [-0.15, -0.1) is 0 Å². The monoisotopic (exact) mass is 424 g/mol. The molecule has 2 atom stereocenters. The van der Waals surface area contributed by atoms with Crippen molar-refractivity contribution in [1.29, 1.82) is 0 Å². The van der Waals surface area contributed by atoms with E-state index in [9.17, 15) is 9.59 Å². The second-order valence-electron chi connectivity index (χ2n) is 8.47. The zero-order chi connectivity index (χ0) is 21.8. The van der Waals surface area contributed by atoms with Gasteiger partial charge in [-0.1, -0.05) is 18.6 Å². The van der Waals surface area contributed by atoms with Gasteiger partial charge in [-0.25, -0.2) is 0 Å². The van der Waals surface area contributed by atoms with Crippen LogP contribution in [0.3, 0.4) is 0 Å². The molecule has 4 rings (SSSR count). The SMILES string of the molecule is CCn1nc(C(=O)N2CCC[C@@H]3NC(=O)c4ccccc4OCCCCC[C@@H]32)cc1C. The third-order valence-corrected chi connectivity index (χ3v) is 6.39. The van der Waals surface area contributed by atoms with Gasteiger partial charge in [0, 0.05) is 24.8 Å². The number of fused-ring (bicyclic) bond motifs is 2. The molecule has 0 unspecified atom stereocenters. The Morgan fingerprint density at radius 2 is 2.03 bits per heavy atom. The van der Waals surface area contributed by atoms with Crippen molar-refractivity contribution < 1.29 is 14.3 Å². The van der Waals surface area contributed by atoms with Gasteiger partial charge in [-0.3, -0.25) is 14.3 Å².